The fraction of sp³-hybridized carbons (Fsp3) is 0.350. The molecule has 3 rings (SSSR count). The topological polar surface area (TPSA) is 95.1 Å². The molecule has 0 spiro atoms. The second-order valence-corrected chi connectivity index (χ2v) is 7.13. The number of non-ortho nitro benzene ring substituents is 1. The summed E-state index contributed by atoms with van der Waals surface area (Å²) in [5, 5.41) is 13.8. The molecule has 154 valence electrons. The number of carbonyl (C=O) groups is 1. The van der Waals surface area contributed by atoms with Crippen molar-refractivity contribution < 1.29 is 24.1 Å². The first-order valence-corrected chi connectivity index (χ1v) is 9.66. The second kappa shape index (κ2) is 9.69. The van der Waals surface area contributed by atoms with Gasteiger partial charge in [0.1, 0.15) is 24.9 Å². The van der Waals surface area contributed by atoms with E-state index in [1.165, 1.54) is 23.1 Å². The summed E-state index contributed by atoms with van der Waals surface area (Å²) in [6.45, 7) is 3.41. The fourth-order valence-electron chi connectivity index (χ4n) is 3.41. The van der Waals surface area contributed by atoms with Gasteiger partial charge in [-0.1, -0.05) is 11.6 Å². The molecule has 0 unspecified atom stereocenters. The zero-order valence-electron chi connectivity index (χ0n) is 16.0. The van der Waals surface area contributed by atoms with Gasteiger partial charge in [0.15, 0.2) is 0 Å². The van der Waals surface area contributed by atoms with E-state index in [2.05, 4.69) is 5.32 Å². The van der Waals surface area contributed by atoms with Crippen LogP contribution in [0.5, 0.6) is 5.75 Å². The normalized spacial score (nSPS) is 15.5. The van der Waals surface area contributed by atoms with E-state index in [1.54, 1.807) is 7.11 Å². The third-order valence-corrected chi connectivity index (χ3v) is 5.33. The summed E-state index contributed by atoms with van der Waals surface area (Å²) in [4.78, 5) is 24.3. The van der Waals surface area contributed by atoms with Crippen molar-refractivity contribution in [2.45, 2.75) is 6.04 Å². The Morgan fingerprint density at radius 2 is 1.97 bits per heavy atom. The average molecular weight is 421 g/mol. The van der Waals surface area contributed by atoms with Crippen molar-refractivity contribution in [1.29, 1.82) is 0 Å². The molecule has 1 saturated heterocycles. The largest absolute Gasteiger partial charge is 0.497 e. The third-order valence-electron chi connectivity index (χ3n) is 5.02. The summed E-state index contributed by atoms with van der Waals surface area (Å²) in [6, 6.07) is 11.7. The van der Waals surface area contributed by atoms with Crippen LogP contribution in [0.2, 0.25) is 5.02 Å². The van der Waals surface area contributed by atoms with E-state index in [1.807, 2.05) is 24.3 Å². The van der Waals surface area contributed by atoms with Crippen molar-refractivity contribution in [3.63, 3.8) is 0 Å². The van der Waals surface area contributed by atoms with Crippen molar-refractivity contribution in [2.24, 2.45) is 0 Å². The molecule has 1 heterocycles. The Bertz CT molecular complexity index is 869. The van der Waals surface area contributed by atoms with Gasteiger partial charge in [-0.2, -0.15) is 0 Å². The number of nitrogens with zero attached hydrogens (tertiary/aromatic N) is 1. The molecule has 0 aliphatic carbocycles. The first kappa shape index (κ1) is 21.0. The molecule has 1 amide bonds. The smallest absolute Gasteiger partial charge is 0.270 e. The molecule has 1 atom stereocenters. The number of morpholine rings is 1. The van der Waals surface area contributed by atoms with Gasteiger partial charge in [0.2, 0.25) is 0 Å². The van der Waals surface area contributed by atoms with Crippen LogP contribution in [0.15, 0.2) is 42.5 Å². The monoisotopic (exact) mass is 420 g/mol. The lowest BCUT2D eigenvalue weighted by Crippen LogP contribution is -3.15. The lowest BCUT2D eigenvalue weighted by Gasteiger charge is -2.32. The number of benzene rings is 2. The quantitative estimate of drug-likeness (QED) is 0.524. The minimum absolute atomic E-state index is 0.0329. The van der Waals surface area contributed by atoms with Gasteiger partial charge in [-0.3, -0.25) is 14.9 Å². The van der Waals surface area contributed by atoms with Gasteiger partial charge >= 0.3 is 0 Å². The number of rotatable bonds is 7. The van der Waals surface area contributed by atoms with Crippen molar-refractivity contribution in [3.8, 4) is 5.75 Å². The summed E-state index contributed by atoms with van der Waals surface area (Å²) < 4.78 is 10.7. The van der Waals surface area contributed by atoms with Gasteiger partial charge < -0.3 is 19.7 Å². The number of nitrogens with one attached hydrogen (secondary N) is 2. The summed E-state index contributed by atoms with van der Waals surface area (Å²) >= 11 is 6.08. The van der Waals surface area contributed by atoms with Crippen LogP contribution in [-0.2, 0) is 4.74 Å². The molecule has 2 aromatic rings. The summed E-state index contributed by atoms with van der Waals surface area (Å²) in [7, 11) is 1.62. The van der Waals surface area contributed by atoms with E-state index in [0.717, 1.165) is 24.4 Å². The van der Waals surface area contributed by atoms with Crippen molar-refractivity contribution in [3.05, 3.63) is 68.7 Å². The van der Waals surface area contributed by atoms with Crippen LogP contribution in [0, 0.1) is 10.1 Å². The van der Waals surface area contributed by atoms with E-state index in [9.17, 15) is 14.9 Å². The Kier molecular flexibility index (Phi) is 7.03. The van der Waals surface area contributed by atoms with Crippen LogP contribution in [0.25, 0.3) is 0 Å². The van der Waals surface area contributed by atoms with Gasteiger partial charge in [0, 0.05) is 17.7 Å². The van der Waals surface area contributed by atoms with E-state index >= 15 is 0 Å². The van der Waals surface area contributed by atoms with Crippen LogP contribution in [0.4, 0.5) is 5.69 Å². The molecule has 8 nitrogen and oxygen atoms in total. The number of nitro groups is 1. The Morgan fingerprint density at radius 3 is 2.55 bits per heavy atom. The molecular formula is C20H23ClN3O5+. The van der Waals surface area contributed by atoms with Crippen LogP contribution in [0.3, 0.4) is 0 Å². The maximum Gasteiger partial charge on any atom is 0.270 e. The van der Waals surface area contributed by atoms with Crippen molar-refractivity contribution in [1.82, 2.24) is 5.32 Å². The number of methoxy groups -OCH3 is 1. The number of carbonyl (C=O) groups excluding carboxylic acids is 1. The van der Waals surface area contributed by atoms with Crippen LogP contribution >= 0.6 is 11.6 Å². The van der Waals surface area contributed by atoms with Gasteiger partial charge in [-0.15, -0.1) is 0 Å². The van der Waals surface area contributed by atoms with Crippen molar-refractivity contribution >= 4 is 23.2 Å². The highest BCUT2D eigenvalue weighted by atomic mass is 35.5. The first-order valence-electron chi connectivity index (χ1n) is 9.28. The molecule has 0 saturated carbocycles. The molecule has 29 heavy (non-hydrogen) atoms. The number of amides is 1. The maximum absolute atomic E-state index is 12.6. The number of hydrogen-bond donors (Lipinski definition) is 2. The van der Waals surface area contributed by atoms with E-state index in [4.69, 9.17) is 21.1 Å². The Labute approximate surface area is 173 Å². The second-order valence-electron chi connectivity index (χ2n) is 6.73. The highest BCUT2D eigenvalue weighted by Crippen LogP contribution is 2.22. The minimum atomic E-state index is -0.547. The highest BCUT2D eigenvalue weighted by Gasteiger charge is 2.27. The predicted molar refractivity (Wildman–Crippen MR) is 108 cm³/mol. The first-order chi connectivity index (χ1) is 14.0. The molecule has 1 aliphatic heterocycles. The molecule has 2 N–H and O–H groups in total. The summed E-state index contributed by atoms with van der Waals surface area (Å²) in [5.41, 5.74) is 1.14. The van der Waals surface area contributed by atoms with Gasteiger partial charge in [-0.05, 0) is 30.3 Å². The Balaban J connectivity index is 1.75. The predicted octanol–water partition coefficient (Wildman–Crippen LogP) is 1.64. The highest BCUT2D eigenvalue weighted by molar-refractivity contribution is 6.34. The SMILES string of the molecule is COc1ccc([C@H](CNC(=O)c2ccc([N+](=O)[O-])cc2Cl)[NH+]2CCOCC2)cc1. The summed E-state index contributed by atoms with van der Waals surface area (Å²) in [6.07, 6.45) is 0. The van der Waals surface area contributed by atoms with E-state index in [0.29, 0.717) is 19.8 Å². The van der Waals surface area contributed by atoms with Gasteiger partial charge in [0.05, 0.1) is 42.4 Å². The van der Waals surface area contributed by atoms with E-state index < -0.39 is 4.92 Å². The molecule has 0 bridgehead atoms. The number of halogens is 1. The van der Waals surface area contributed by atoms with Crippen LogP contribution in [0.1, 0.15) is 22.0 Å². The maximum atomic E-state index is 12.6. The molecule has 0 aromatic heterocycles. The zero-order valence-corrected chi connectivity index (χ0v) is 16.8. The number of hydrogen-bond acceptors (Lipinski definition) is 5. The molecule has 9 heteroatoms. The molecule has 0 radical (unpaired) electrons. The van der Waals surface area contributed by atoms with Crippen LogP contribution in [-0.4, -0.2) is 50.8 Å². The lowest BCUT2D eigenvalue weighted by molar-refractivity contribution is -0.937. The Morgan fingerprint density at radius 1 is 1.28 bits per heavy atom. The number of ether oxygens (including phenoxy) is 2. The fourth-order valence-corrected chi connectivity index (χ4v) is 3.67. The van der Waals surface area contributed by atoms with Gasteiger partial charge in [0.25, 0.3) is 11.6 Å². The standard InChI is InChI=1S/C20H22ClN3O5/c1-28-16-5-2-14(3-6-16)19(23-8-10-29-11-9-23)13-22-20(25)17-7-4-15(24(26)27)12-18(17)21/h2-7,12,19H,8-11,13H2,1H3,(H,22,25)/p+1/t19-/m0/s1. The van der Waals surface area contributed by atoms with Gasteiger partial charge in [-0.25, -0.2) is 0 Å². The third kappa shape index (κ3) is 5.23. The lowest BCUT2D eigenvalue weighted by atomic mass is 10.0. The molecular weight excluding hydrogens is 398 g/mol. The van der Waals surface area contributed by atoms with Crippen LogP contribution < -0.4 is 15.0 Å². The Hall–Kier alpha value is -2.68. The average Bonchev–Trinajstić information content (AvgIpc) is 2.74. The molecule has 2 aromatic carbocycles. The molecule has 1 fully saturated rings. The number of nitro benzene ring substituents is 1. The minimum Gasteiger partial charge on any atom is -0.497 e. The number of quaternary nitrogens is 1. The summed E-state index contributed by atoms with van der Waals surface area (Å²) in [5.74, 6) is 0.405. The molecule has 1 aliphatic rings. The zero-order chi connectivity index (χ0) is 20.8. The van der Waals surface area contributed by atoms with Crippen molar-refractivity contribution in [2.75, 3.05) is 40.0 Å². The van der Waals surface area contributed by atoms with E-state index in [-0.39, 0.29) is 28.2 Å².